The van der Waals surface area contributed by atoms with Gasteiger partial charge in [0.15, 0.2) is 5.54 Å². The zero-order chi connectivity index (χ0) is 15.7. The first-order valence-corrected chi connectivity index (χ1v) is 6.27. The van der Waals surface area contributed by atoms with E-state index in [0.29, 0.717) is 22.5 Å². The van der Waals surface area contributed by atoms with Crippen LogP contribution in [0, 0.1) is 0 Å². The van der Waals surface area contributed by atoms with Gasteiger partial charge in [-0.2, -0.15) is 13.2 Å². The summed E-state index contributed by atoms with van der Waals surface area (Å²) in [6.45, 7) is 0.554. The normalized spacial score (nSPS) is 14.8. The maximum atomic E-state index is 12.7. The predicted molar refractivity (Wildman–Crippen MR) is 71.6 cm³/mol. The summed E-state index contributed by atoms with van der Waals surface area (Å²) in [6.07, 6.45) is -4.83. The lowest BCUT2D eigenvalue weighted by Gasteiger charge is -2.31. The van der Waals surface area contributed by atoms with Crippen LogP contribution in [0.2, 0.25) is 10.0 Å². The molecule has 0 saturated heterocycles. The molecule has 1 unspecified atom stereocenters. The van der Waals surface area contributed by atoms with E-state index < -0.39 is 17.6 Å². The molecule has 0 radical (unpaired) electrons. The standard InChI is InChI=1S/C12H13Cl2F3N2O/c1-11(18,12(15,16)17)10(20)19(2)6-7-3-8(13)5-9(14)4-7/h3-5H,6,18H2,1-2H3. The monoisotopic (exact) mass is 328 g/mol. The van der Waals surface area contributed by atoms with Gasteiger partial charge in [-0.15, -0.1) is 0 Å². The average molecular weight is 329 g/mol. The molecule has 1 atom stereocenters. The lowest BCUT2D eigenvalue weighted by Crippen LogP contribution is -2.61. The van der Waals surface area contributed by atoms with E-state index in [9.17, 15) is 18.0 Å². The fourth-order valence-corrected chi connectivity index (χ4v) is 2.14. The Morgan fingerprint density at radius 2 is 1.70 bits per heavy atom. The van der Waals surface area contributed by atoms with Crippen LogP contribution in [0.3, 0.4) is 0 Å². The first-order chi connectivity index (χ1) is 8.95. The molecule has 0 aliphatic heterocycles. The number of hydrogen-bond acceptors (Lipinski definition) is 2. The highest BCUT2D eigenvalue weighted by Crippen LogP contribution is 2.30. The molecule has 2 N–H and O–H groups in total. The van der Waals surface area contributed by atoms with E-state index >= 15 is 0 Å². The third-order valence-corrected chi connectivity index (χ3v) is 3.16. The predicted octanol–water partition coefficient (Wildman–Crippen LogP) is 3.23. The zero-order valence-corrected chi connectivity index (χ0v) is 12.3. The van der Waals surface area contributed by atoms with Crippen molar-refractivity contribution >= 4 is 29.1 Å². The first kappa shape index (κ1) is 17.1. The molecule has 1 rings (SSSR count). The van der Waals surface area contributed by atoms with Crippen LogP contribution in [-0.2, 0) is 11.3 Å². The van der Waals surface area contributed by atoms with Gasteiger partial charge in [0.25, 0.3) is 5.91 Å². The van der Waals surface area contributed by atoms with Crippen molar-refractivity contribution < 1.29 is 18.0 Å². The van der Waals surface area contributed by atoms with Gasteiger partial charge in [-0.25, -0.2) is 0 Å². The number of nitrogens with two attached hydrogens (primary N) is 1. The average Bonchev–Trinajstić information content (AvgIpc) is 2.24. The third kappa shape index (κ3) is 3.77. The van der Waals surface area contributed by atoms with E-state index in [0.717, 1.165) is 4.90 Å². The van der Waals surface area contributed by atoms with Crippen LogP contribution in [0.1, 0.15) is 12.5 Å². The molecule has 0 saturated carbocycles. The highest BCUT2D eigenvalue weighted by Gasteiger charge is 2.54. The van der Waals surface area contributed by atoms with E-state index in [1.54, 1.807) is 0 Å². The number of likely N-dealkylation sites (N-methyl/N-ethyl adjacent to an activating group) is 1. The van der Waals surface area contributed by atoms with Crippen LogP contribution in [0.5, 0.6) is 0 Å². The molecule has 0 bridgehead atoms. The molecule has 112 valence electrons. The minimum absolute atomic E-state index is 0.0814. The molecule has 0 aliphatic carbocycles. The first-order valence-electron chi connectivity index (χ1n) is 5.51. The van der Waals surface area contributed by atoms with Gasteiger partial charge in [0.2, 0.25) is 0 Å². The molecule has 0 fully saturated rings. The van der Waals surface area contributed by atoms with Gasteiger partial charge >= 0.3 is 6.18 Å². The summed E-state index contributed by atoms with van der Waals surface area (Å²) < 4.78 is 38.1. The van der Waals surface area contributed by atoms with Crippen molar-refractivity contribution in [3.8, 4) is 0 Å². The Balaban J connectivity index is 2.91. The molecule has 20 heavy (non-hydrogen) atoms. The molecule has 0 heterocycles. The van der Waals surface area contributed by atoms with Crippen molar-refractivity contribution in [2.45, 2.75) is 25.2 Å². The molecule has 0 spiro atoms. The summed E-state index contributed by atoms with van der Waals surface area (Å²) in [6, 6.07) is 4.51. The van der Waals surface area contributed by atoms with Crippen molar-refractivity contribution in [2.75, 3.05) is 7.05 Å². The second kappa shape index (κ2) is 5.79. The fourth-order valence-electron chi connectivity index (χ4n) is 1.57. The molecular formula is C12H13Cl2F3N2O. The number of amides is 1. The summed E-state index contributed by atoms with van der Waals surface area (Å²) in [5.74, 6) is -1.24. The number of rotatable bonds is 3. The molecule has 1 amide bonds. The van der Waals surface area contributed by atoms with Gasteiger partial charge < -0.3 is 10.6 Å². The Bertz CT molecular complexity index is 498. The van der Waals surface area contributed by atoms with Crippen molar-refractivity contribution in [3.05, 3.63) is 33.8 Å². The molecule has 0 aromatic heterocycles. The lowest BCUT2D eigenvalue weighted by molar-refractivity contribution is -0.193. The van der Waals surface area contributed by atoms with E-state index in [1.165, 1.54) is 25.2 Å². The maximum absolute atomic E-state index is 12.7. The van der Waals surface area contributed by atoms with Gasteiger partial charge in [0, 0.05) is 23.6 Å². The van der Waals surface area contributed by atoms with Crippen LogP contribution in [0.25, 0.3) is 0 Å². The number of hydrogen-bond donors (Lipinski definition) is 1. The minimum Gasteiger partial charge on any atom is -0.340 e. The molecular weight excluding hydrogens is 316 g/mol. The van der Waals surface area contributed by atoms with E-state index in [4.69, 9.17) is 28.9 Å². The largest absolute Gasteiger partial charge is 0.415 e. The summed E-state index contributed by atoms with van der Waals surface area (Å²) in [4.78, 5) is 12.7. The van der Waals surface area contributed by atoms with Crippen molar-refractivity contribution in [3.63, 3.8) is 0 Å². The number of carbonyl (C=O) groups is 1. The van der Waals surface area contributed by atoms with Crippen molar-refractivity contribution in [1.29, 1.82) is 0 Å². The highest BCUT2D eigenvalue weighted by atomic mass is 35.5. The third-order valence-electron chi connectivity index (χ3n) is 2.72. The Labute approximate surface area is 124 Å². The number of alkyl halides is 3. The fraction of sp³-hybridized carbons (Fsp3) is 0.417. The van der Waals surface area contributed by atoms with E-state index in [-0.39, 0.29) is 6.54 Å². The smallest absolute Gasteiger partial charge is 0.340 e. The van der Waals surface area contributed by atoms with Gasteiger partial charge in [-0.1, -0.05) is 23.2 Å². The summed E-state index contributed by atoms with van der Waals surface area (Å²) >= 11 is 11.6. The molecule has 8 heteroatoms. The molecule has 1 aromatic carbocycles. The molecule has 3 nitrogen and oxygen atoms in total. The van der Waals surface area contributed by atoms with Crippen LogP contribution in [0.4, 0.5) is 13.2 Å². The van der Waals surface area contributed by atoms with Gasteiger partial charge in [-0.3, -0.25) is 4.79 Å². The second-order valence-corrected chi connectivity index (χ2v) is 5.51. The Morgan fingerprint density at radius 3 is 2.10 bits per heavy atom. The Hall–Kier alpha value is -0.980. The van der Waals surface area contributed by atoms with Crippen molar-refractivity contribution in [2.24, 2.45) is 5.73 Å². The van der Waals surface area contributed by atoms with Gasteiger partial charge in [0.05, 0.1) is 0 Å². The number of nitrogens with zero attached hydrogens (tertiary/aromatic N) is 1. The maximum Gasteiger partial charge on any atom is 0.415 e. The van der Waals surface area contributed by atoms with E-state index in [2.05, 4.69) is 0 Å². The van der Waals surface area contributed by atoms with E-state index in [1.807, 2.05) is 0 Å². The Kier molecular flexibility index (Phi) is 4.94. The van der Waals surface area contributed by atoms with Crippen LogP contribution in [-0.4, -0.2) is 29.6 Å². The number of halogens is 5. The zero-order valence-electron chi connectivity index (χ0n) is 10.8. The SMILES string of the molecule is CN(Cc1cc(Cl)cc(Cl)c1)C(=O)C(C)(N)C(F)(F)F. The minimum atomic E-state index is -4.83. The molecule has 1 aromatic rings. The van der Waals surface area contributed by atoms with Crippen molar-refractivity contribution in [1.82, 2.24) is 4.90 Å². The topological polar surface area (TPSA) is 46.3 Å². The number of benzene rings is 1. The highest BCUT2D eigenvalue weighted by molar-refractivity contribution is 6.34. The van der Waals surface area contributed by atoms with Gasteiger partial charge in [-0.05, 0) is 30.7 Å². The summed E-state index contributed by atoms with van der Waals surface area (Å²) in [7, 11) is 1.23. The number of carbonyl (C=O) groups excluding carboxylic acids is 1. The van der Waals surface area contributed by atoms with Gasteiger partial charge in [0.1, 0.15) is 0 Å². The quantitative estimate of drug-likeness (QED) is 0.925. The lowest BCUT2D eigenvalue weighted by atomic mass is 10.0. The van der Waals surface area contributed by atoms with Crippen LogP contribution < -0.4 is 5.73 Å². The molecule has 0 aliphatic rings. The summed E-state index contributed by atoms with van der Waals surface area (Å²) in [5.41, 5.74) is 2.65. The summed E-state index contributed by atoms with van der Waals surface area (Å²) in [5, 5.41) is 0.666. The second-order valence-electron chi connectivity index (χ2n) is 4.64. The van der Waals surface area contributed by atoms with Crippen LogP contribution >= 0.6 is 23.2 Å². The Morgan fingerprint density at radius 1 is 1.25 bits per heavy atom. The van der Waals surface area contributed by atoms with Crippen LogP contribution in [0.15, 0.2) is 18.2 Å².